The summed E-state index contributed by atoms with van der Waals surface area (Å²) < 4.78 is 0. The number of likely N-dealkylation sites (N-methyl/N-ethyl adjacent to an activating group) is 1. The van der Waals surface area contributed by atoms with Crippen LogP contribution in [0, 0.1) is 5.92 Å². The van der Waals surface area contributed by atoms with Gasteiger partial charge < -0.3 is 9.80 Å². The normalized spacial score (nSPS) is 19.4. The molecule has 0 spiro atoms. The van der Waals surface area contributed by atoms with Gasteiger partial charge in [-0.15, -0.1) is 0 Å². The van der Waals surface area contributed by atoms with Crippen molar-refractivity contribution in [3.05, 3.63) is 0 Å². The smallest absolute Gasteiger partial charge is 0.225 e. The van der Waals surface area contributed by atoms with Gasteiger partial charge in [-0.05, 0) is 19.4 Å². The Morgan fingerprint density at radius 2 is 1.76 bits per heavy atom. The zero-order valence-electron chi connectivity index (χ0n) is 11.7. The molecule has 0 N–H and O–H groups in total. The molecule has 100 valence electrons. The molecular weight excluding hydrogens is 212 g/mol. The van der Waals surface area contributed by atoms with Crippen molar-refractivity contribution in [2.75, 3.05) is 32.7 Å². The topological polar surface area (TPSA) is 23.6 Å². The van der Waals surface area contributed by atoms with Crippen LogP contribution in [0.5, 0.6) is 0 Å². The van der Waals surface area contributed by atoms with Crippen LogP contribution in [-0.4, -0.2) is 48.4 Å². The fraction of sp³-hybridized carbons (Fsp3) is 0.929. The molecule has 0 aromatic rings. The molecule has 0 radical (unpaired) electrons. The van der Waals surface area contributed by atoms with Crippen LogP contribution in [0.3, 0.4) is 0 Å². The van der Waals surface area contributed by atoms with Crippen molar-refractivity contribution in [3.63, 3.8) is 0 Å². The van der Waals surface area contributed by atoms with Crippen molar-refractivity contribution in [2.45, 2.75) is 46.5 Å². The van der Waals surface area contributed by atoms with Crippen molar-refractivity contribution in [1.29, 1.82) is 0 Å². The maximum absolute atomic E-state index is 12.3. The molecule has 0 aromatic carbocycles. The summed E-state index contributed by atoms with van der Waals surface area (Å²) in [6.45, 7) is 11.6. The average molecular weight is 240 g/mol. The fourth-order valence-corrected chi connectivity index (χ4v) is 2.50. The van der Waals surface area contributed by atoms with Gasteiger partial charge in [-0.2, -0.15) is 0 Å². The van der Waals surface area contributed by atoms with E-state index in [1.54, 1.807) is 0 Å². The first-order valence-corrected chi connectivity index (χ1v) is 7.24. The molecule has 1 aliphatic heterocycles. The van der Waals surface area contributed by atoms with Gasteiger partial charge in [0.05, 0.1) is 0 Å². The molecule has 1 fully saturated rings. The Labute approximate surface area is 106 Å². The lowest BCUT2D eigenvalue weighted by molar-refractivity contribution is -0.137. The summed E-state index contributed by atoms with van der Waals surface area (Å²) in [6, 6.07) is 0. The number of unbranched alkanes of at least 4 members (excludes halogenated alkanes) is 1. The lowest BCUT2D eigenvalue weighted by Crippen LogP contribution is -2.50. The van der Waals surface area contributed by atoms with Gasteiger partial charge in [0.2, 0.25) is 5.91 Å². The molecule has 0 aliphatic carbocycles. The maximum Gasteiger partial charge on any atom is 0.225 e. The molecule has 1 heterocycles. The molecule has 17 heavy (non-hydrogen) atoms. The van der Waals surface area contributed by atoms with E-state index in [0.717, 1.165) is 45.6 Å². The molecule has 1 saturated heterocycles. The lowest BCUT2D eigenvalue weighted by atomic mass is 9.97. The first-order valence-electron chi connectivity index (χ1n) is 7.24. The molecule has 1 atom stereocenters. The van der Waals surface area contributed by atoms with Crippen LogP contribution in [-0.2, 0) is 4.79 Å². The largest absolute Gasteiger partial charge is 0.340 e. The lowest BCUT2D eigenvalue weighted by Gasteiger charge is -2.35. The number of amides is 1. The van der Waals surface area contributed by atoms with E-state index in [2.05, 4.69) is 30.6 Å². The summed E-state index contributed by atoms with van der Waals surface area (Å²) in [5, 5.41) is 0. The molecule has 0 aromatic heterocycles. The van der Waals surface area contributed by atoms with E-state index in [1.807, 2.05) is 0 Å². The minimum Gasteiger partial charge on any atom is -0.340 e. The minimum atomic E-state index is 0.267. The number of hydrogen-bond donors (Lipinski definition) is 0. The van der Waals surface area contributed by atoms with Crippen molar-refractivity contribution < 1.29 is 4.79 Å². The SMILES string of the molecule is CCCCC(CC)C(=O)N1CCN(CC)CC1. The number of nitrogens with zero attached hydrogens (tertiary/aromatic N) is 2. The Bertz CT molecular complexity index is 222. The zero-order valence-corrected chi connectivity index (χ0v) is 11.7. The average Bonchev–Trinajstić information content (AvgIpc) is 2.39. The fourth-order valence-electron chi connectivity index (χ4n) is 2.50. The first-order chi connectivity index (χ1) is 8.22. The Morgan fingerprint density at radius 1 is 1.12 bits per heavy atom. The molecule has 1 amide bonds. The number of rotatable bonds is 6. The highest BCUT2D eigenvalue weighted by atomic mass is 16.2. The minimum absolute atomic E-state index is 0.267. The molecular formula is C14H28N2O. The predicted octanol–water partition coefficient (Wildman–Crippen LogP) is 2.37. The highest BCUT2D eigenvalue weighted by Crippen LogP contribution is 2.17. The monoisotopic (exact) mass is 240 g/mol. The molecule has 1 aliphatic rings. The van der Waals surface area contributed by atoms with Gasteiger partial charge in [-0.1, -0.05) is 33.6 Å². The van der Waals surface area contributed by atoms with E-state index < -0.39 is 0 Å². The summed E-state index contributed by atoms with van der Waals surface area (Å²) >= 11 is 0. The molecule has 0 saturated carbocycles. The van der Waals surface area contributed by atoms with E-state index in [-0.39, 0.29) is 5.92 Å². The Balaban J connectivity index is 2.40. The summed E-state index contributed by atoms with van der Waals surface area (Å²) in [7, 11) is 0. The van der Waals surface area contributed by atoms with Gasteiger partial charge in [0, 0.05) is 32.1 Å². The molecule has 3 heteroatoms. The number of carbonyl (C=O) groups is 1. The van der Waals surface area contributed by atoms with Crippen molar-refractivity contribution in [2.24, 2.45) is 5.92 Å². The van der Waals surface area contributed by atoms with Crippen LogP contribution in [0.15, 0.2) is 0 Å². The van der Waals surface area contributed by atoms with Crippen LogP contribution in [0.25, 0.3) is 0 Å². The van der Waals surface area contributed by atoms with E-state index in [0.29, 0.717) is 5.91 Å². The second kappa shape index (κ2) is 7.70. The van der Waals surface area contributed by atoms with E-state index in [1.165, 1.54) is 12.8 Å². The first kappa shape index (κ1) is 14.5. The van der Waals surface area contributed by atoms with Gasteiger partial charge in [-0.3, -0.25) is 4.79 Å². The molecule has 3 nitrogen and oxygen atoms in total. The van der Waals surface area contributed by atoms with Crippen LogP contribution in [0.2, 0.25) is 0 Å². The maximum atomic E-state index is 12.3. The number of hydrogen-bond acceptors (Lipinski definition) is 2. The van der Waals surface area contributed by atoms with Gasteiger partial charge in [0.15, 0.2) is 0 Å². The second-order valence-electron chi connectivity index (χ2n) is 5.01. The summed E-state index contributed by atoms with van der Waals surface area (Å²) in [5.41, 5.74) is 0. The highest BCUT2D eigenvalue weighted by Gasteiger charge is 2.25. The van der Waals surface area contributed by atoms with Crippen LogP contribution in [0.4, 0.5) is 0 Å². The van der Waals surface area contributed by atoms with E-state index in [9.17, 15) is 4.79 Å². The highest BCUT2D eigenvalue weighted by molar-refractivity contribution is 5.78. The summed E-state index contributed by atoms with van der Waals surface area (Å²) in [4.78, 5) is 16.8. The summed E-state index contributed by atoms with van der Waals surface area (Å²) in [6.07, 6.45) is 4.43. The Morgan fingerprint density at radius 3 is 2.24 bits per heavy atom. The third-order valence-corrected chi connectivity index (χ3v) is 3.88. The third-order valence-electron chi connectivity index (χ3n) is 3.88. The zero-order chi connectivity index (χ0) is 12.7. The van der Waals surface area contributed by atoms with Crippen LogP contribution < -0.4 is 0 Å². The number of carbonyl (C=O) groups excluding carboxylic acids is 1. The van der Waals surface area contributed by atoms with Crippen molar-refractivity contribution >= 4 is 5.91 Å². The van der Waals surface area contributed by atoms with Gasteiger partial charge in [0.25, 0.3) is 0 Å². The molecule has 1 unspecified atom stereocenters. The molecule has 1 rings (SSSR count). The predicted molar refractivity (Wildman–Crippen MR) is 72.0 cm³/mol. The van der Waals surface area contributed by atoms with Crippen LogP contribution >= 0.6 is 0 Å². The van der Waals surface area contributed by atoms with E-state index in [4.69, 9.17) is 0 Å². The summed E-state index contributed by atoms with van der Waals surface area (Å²) in [5.74, 6) is 0.667. The van der Waals surface area contributed by atoms with Gasteiger partial charge >= 0.3 is 0 Å². The Hall–Kier alpha value is -0.570. The third kappa shape index (κ3) is 4.30. The standard InChI is InChI=1S/C14H28N2O/c1-4-7-8-13(5-2)14(17)16-11-9-15(6-3)10-12-16/h13H,4-12H2,1-3H3. The quantitative estimate of drug-likeness (QED) is 0.711. The van der Waals surface area contributed by atoms with Gasteiger partial charge in [-0.25, -0.2) is 0 Å². The van der Waals surface area contributed by atoms with Gasteiger partial charge in [0.1, 0.15) is 0 Å². The van der Waals surface area contributed by atoms with Crippen molar-refractivity contribution in [1.82, 2.24) is 9.80 Å². The second-order valence-corrected chi connectivity index (χ2v) is 5.01. The van der Waals surface area contributed by atoms with Crippen LogP contribution in [0.1, 0.15) is 46.5 Å². The molecule has 0 bridgehead atoms. The number of piperazine rings is 1. The Kier molecular flexibility index (Phi) is 6.56. The van der Waals surface area contributed by atoms with E-state index >= 15 is 0 Å². The van der Waals surface area contributed by atoms with Crippen molar-refractivity contribution in [3.8, 4) is 0 Å².